The van der Waals surface area contributed by atoms with Gasteiger partial charge in [0.1, 0.15) is 5.56 Å². The van der Waals surface area contributed by atoms with Crippen molar-refractivity contribution in [3.8, 4) is 11.1 Å². The van der Waals surface area contributed by atoms with E-state index in [2.05, 4.69) is 20.9 Å². The number of rotatable bonds is 2. The summed E-state index contributed by atoms with van der Waals surface area (Å²) in [6.07, 6.45) is 1.44. The van der Waals surface area contributed by atoms with E-state index in [-0.39, 0.29) is 5.56 Å². The average Bonchev–Trinajstić information content (AvgIpc) is 2.28. The molecular weight excluding hydrogens is 298 g/mol. The predicted molar refractivity (Wildman–Crippen MR) is 71.9 cm³/mol. The second-order valence-electron chi connectivity index (χ2n) is 3.88. The Kier molecular flexibility index (Phi) is 3.34. The van der Waals surface area contributed by atoms with Gasteiger partial charge in [-0.15, -0.1) is 0 Å². The molecule has 0 aliphatic heterocycles. The number of carboxylic acids is 1. The highest BCUT2D eigenvalue weighted by Crippen LogP contribution is 2.30. The molecule has 0 bridgehead atoms. The first-order valence-electron chi connectivity index (χ1n) is 5.22. The van der Waals surface area contributed by atoms with Gasteiger partial charge >= 0.3 is 5.97 Å². The van der Waals surface area contributed by atoms with Gasteiger partial charge in [-0.25, -0.2) is 4.79 Å². The summed E-state index contributed by atoms with van der Waals surface area (Å²) in [7, 11) is 0. The van der Waals surface area contributed by atoms with Crippen molar-refractivity contribution in [1.29, 1.82) is 0 Å². The van der Waals surface area contributed by atoms with Crippen LogP contribution in [-0.2, 0) is 0 Å². The molecule has 0 amide bonds. The summed E-state index contributed by atoms with van der Waals surface area (Å²) in [6, 6.07) is 7.12. The number of H-pyrrole nitrogens is 1. The molecule has 0 spiro atoms. The van der Waals surface area contributed by atoms with E-state index >= 15 is 0 Å². The Morgan fingerprint density at radius 1 is 1.28 bits per heavy atom. The molecule has 0 radical (unpaired) electrons. The van der Waals surface area contributed by atoms with E-state index < -0.39 is 11.5 Å². The Morgan fingerprint density at radius 2 is 2.00 bits per heavy atom. The van der Waals surface area contributed by atoms with Crippen LogP contribution in [0.5, 0.6) is 0 Å². The highest BCUT2D eigenvalue weighted by molar-refractivity contribution is 9.10. The van der Waals surface area contributed by atoms with Crippen molar-refractivity contribution < 1.29 is 9.90 Å². The summed E-state index contributed by atoms with van der Waals surface area (Å²) < 4.78 is 0.760. The van der Waals surface area contributed by atoms with Crippen LogP contribution in [0.25, 0.3) is 11.1 Å². The van der Waals surface area contributed by atoms with Crippen molar-refractivity contribution in [2.24, 2.45) is 0 Å². The lowest BCUT2D eigenvalue weighted by Crippen LogP contribution is -2.18. The van der Waals surface area contributed by atoms with Crippen molar-refractivity contribution in [3.05, 3.63) is 56.4 Å². The number of nitrogens with one attached hydrogen (secondary N) is 1. The second-order valence-corrected chi connectivity index (χ2v) is 4.74. The van der Waals surface area contributed by atoms with Crippen molar-refractivity contribution in [3.63, 3.8) is 0 Å². The first kappa shape index (κ1) is 12.6. The SMILES string of the molecule is Cc1ccc(-c2cc[nH]c(=O)c2C(=O)O)c(Br)c1. The van der Waals surface area contributed by atoms with Crippen molar-refractivity contribution in [1.82, 2.24) is 4.98 Å². The van der Waals surface area contributed by atoms with Crippen LogP contribution in [0.1, 0.15) is 15.9 Å². The van der Waals surface area contributed by atoms with Gasteiger partial charge in [0.25, 0.3) is 5.56 Å². The Morgan fingerprint density at radius 3 is 2.61 bits per heavy atom. The van der Waals surface area contributed by atoms with E-state index in [1.807, 2.05) is 19.1 Å². The molecule has 1 aromatic carbocycles. The number of aromatic carboxylic acids is 1. The molecule has 0 unspecified atom stereocenters. The van der Waals surface area contributed by atoms with Crippen LogP contribution in [0.3, 0.4) is 0 Å². The predicted octanol–water partition coefficient (Wildman–Crippen LogP) is 2.81. The van der Waals surface area contributed by atoms with Gasteiger partial charge in [-0.3, -0.25) is 4.79 Å². The van der Waals surface area contributed by atoms with Crippen LogP contribution in [0.2, 0.25) is 0 Å². The van der Waals surface area contributed by atoms with Gasteiger partial charge < -0.3 is 10.1 Å². The molecule has 0 saturated heterocycles. The van der Waals surface area contributed by atoms with E-state index in [1.165, 1.54) is 6.20 Å². The topological polar surface area (TPSA) is 70.2 Å². The number of hydrogen-bond donors (Lipinski definition) is 2. The van der Waals surface area contributed by atoms with Crippen molar-refractivity contribution >= 4 is 21.9 Å². The van der Waals surface area contributed by atoms with Gasteiger partial charge in [-0.05, 0) is 30.2 Å². The van der Waals surface area contributed by atoms with Gasteiger partial charge in [0.2, 0.25) is 0 Å². The first-order valence-corrected chi connectivity index (χ1v) is 6.01. The average molecular weight is 308 g/mol. The molecule has 0 aliphatic carbocycles. The minimum atomic E-state index is -1.24. The van der Waals surface area contributed by atoms with Gasteiger partial charge in [0.05, 0.1) is 0 Å². The lowest BCUT2D eigenvalue weighted by molar-refractivity contribution is 0.0696. The summed E-state index contributed by atoms with van der Waals surface area (Å²) in [5, 5.41) is 9.12. The molecule has 0 aliphatic rings. The molecule has 1 heterocycles. The molecule has 0 saturated carbocycles. The number of hydrogen-bond acceptors (Lipinski definition) is 2. The lowest BCUT2D eigenvalue weighted by atomic mass is 10.0. The number of carboxylic acid groups (broad SMARTS) is 1. The number of halogens is 1. The second kappa shape index (κ2) is 4.78. The van der Waals surface area contributed by atoms with Crippen LogP contribution in [-0.4, -0.2) is 16.1 Å². The van der Waals surface area contributed by atoms with E-state index in [1.54, 1.807) is 12.1 Å². The Hall–Kier alpha value is -1.88. The molecule has 2 aromatic rings. The number of carbonyl (C=O) groups is 1. The normalized spacial score (nSPS) is 10.3. The van der Waals surface area contributed by atoms with E-state index in [0.29, 0.717) is 11.1 Å². The lowest BCUT2D eigenvalue weighted by Gasteiger charge is -2.08. The first-order chi connectivity index (χ1) is 8.50. The van der Waals surface area contributed by atoms with Gasteiger partial charge in [-0.1, -0.05) is 28.1 Å². The van der Waals surface area contributed by atoms with E-state index in [9.17, 15) is 9.59 Å². The molecular formula is C13H10BrNO3. The molecule has 2 rings (SSSR count). The molecule has 18 heavy (non-hydrogen) atoms. The molecule has 2 N–H and O–H groups in total. The van der Waals surface area contributed by atoms with Crippen molar-refractivity contribution in [2.45, 2.75) is 6.92 Å². The summed E-state index contributed by atoms with van der Waals surface area (Å²) in [4.78, 5) is 25.1. The van der Waals surface area contributed by atoms with E-state index in [4.69, 9.17) is 5.11 Å². The molecule has 0 fully saturated rings. The molecule has 1 aromatic heterocycles. The van der Waals surface area contributed by atoms with Crippen LogP contribution in [0.15, 0.2) is 39.7 Å². The molecule has 0 atom stereocenters. The highest BCUT2D eigenvalue weighted by Gasteiger charge is 2.17. The Balaban J connectivity index is 2.75. The van der Waals surface area contributed by atoms with Crippen LogP contribution >= 0.6 is 15.9 Å². The summed E-state index contributed by atoms with van der Waals surface area (Å²) in [6.45, 7) is 1.93. The third kappa shape index (κ3) is 2.22. The maximum Gasteiger partial charge on any atom is 0.341 e. The number of benzene rings is 1. The van der Waals surface area contributed by atoms with E-state index in [0.717, 1.165) is 10.0 Å². The van der Waals surface area contributed by atoms with Crippen LogP contribution in [0, 0.1) is 6.92 Å². The fourth-order valence-electron chi connectivity index (χ4n) is 1.75. The Bertz CT molecular complexity index is 676. The quantitative estimate of drug-likeness (QED) is 0.896. The molecule has 4 nitrogen and oxygen atoms in total. The summed E-state index contributed by atoms with van der Waals surface area (Å²) in [5.74, 6) is -1.24. The zero-order chi connectivity index (χ0) is 13.3. The monoisotopic (exact) mass is 307 g/mol. The Labute approximate surface area is 111 Å². The number of aromatic amines is 1. The standard InChI is InChI=1S/C13H10BrNO3/c1-7-2-3-8(10(14)6-7)9-4-5-15-12(16)11(9)13(17)18/h2-6H,1H3,(H,15,16)(H,17,18). The smallest absolute Gasteiger partial charge is 0.341 e. The zero-order valence-corrected chi connectivity index (χ0v) is 11.1. The van der Waals surface area contributed by atoms with Crippen LogP contribution < -0.4 is 5.56 Å². The number of aromatic nitrogens is 1. The third-order valence-electron chi connectivity index (χ3n) is 2.59. The molecule has 5 heteroatoms. The summed E-state index contributed by atoms with van der Waals surface area (Å²) in [5.41, 5.74) is 1.28. The summed E-state index contributed by atoms with van der Waals surface area (Å²) >= 11 is 3.39. The minimum Gasteiger partial charge on any atom is -0.477 e. The maximum absolute atomic E-state index is 11.6. The van der Waals surface area contributed by atoms with Crippen LogP contribution in [0.4, 0.5) is 0 Å². The largest absolute Gasteiger partial charge is 0.477 e. The zero-order valence-electron chi connectivity index (χ0n) is 9.53. The number of pyridine rings is 1. The van der Waals surface area contributed by atoms with Gasteiger partial charge in [0, 0.05) is 16.2 Å². The maximum atomic E-state index is 11.6. The number of aryl methyl sites for hydroxylation is 1. The third-order valence-corrected chi connectivity index (χ3v) is 3.25. The fraction of sp³-hybridized carbons (Fsp3) is 0.0769. The van der Waals surface area contributed by atoms with Crippen molar-refractivity contribution in [2.75, 3.05) is 0 Å². The van der Waals surface area contributed by atoms with Gasteiger partial charge in [-0.2, -0.15) is 0 Å². The molecule has 92 valence electrons. The highest BCUT2D eigenvalue weighted by atomic mass is 79.9. The van der Waals surface area contributed by atoms with Gasteiger partial charge in [0.15, 0.2) is 0 Å². The fourth-order valence-corrected chi connectivity index (χ4v) is 2.46. The minimum absolute atomic E-state index is 0.248.